The summed E-state index contributed by atoms with van der Waals surface area (Å²) >= 11 is 0. The largest absolute Gasteiger partial charge is 0.409 e. The van der Waals surface area contributed by atoms with Crippen LogP contribution in [0, 0.1) is 11.8 Å². The second-order valence-corrected chi connectivity index (χ2v) is 14.2. The van der Waals surface area contributed by atoms with Gasteiger partial charge in [0.25, 0.3) is 0 Å². The molecule has 0 bridgehead atoms. The predicted molar refractivity (Wildman–Crippen MR) is 135 cm³/mol. The van der Waals surface area contributed by atoms with Crippen molar-refractivity contribution in [1.29, 1.82) is 0 Å². The van der Waals surface area contributed by atoms with Gasteiger partial charge in [0.05, 0.1) is 17.7 Å². The third kappa shape index (κ3) is 5.74. The van der Waals surface area contributed by atoms with Crippen LogP contribution < -0.4 is 10.7 Å². The van der Waals surface area contributed by atoms with Gasteiger partial charge in [0.1, 0.15) is 22.1 Å². The third-order valence-corrected chi connectivity index (χ3v) is 11.4. The molecule has 9 nitrogen and oxygen atoms in total. The van der Waals surface area contributed by atoms with Crippen molar-refractivity contribution in [3.05, 3.63) is 0 Å². The number of halogens is 3. The highest BCUT2D eigenvalue weighted by molar-refractivity contribution is 7.91. The lowest BCUT2D eigenvalue weighted by atomic mass is 9.78. The fourth-order valence-corrected chi connectivity index (χ4v) is 9.24. The summed E-state index contributed by atoms with van der Waals surface area (Å²) in [5.41, 5.74) is 3.48. The number of methoxy groups -OCH3 is 1. The Bertz CT molecular complexity index is 947. The summed E-state index contributed by atoms with van der Waals surface area (Å²) < 4.78 is 72.0. The van der Waals surface area contributed by atoms with Crippen LogP contribution in [-0.4, -0.2) is 111 Å². The number of carbonyl (C=O) groups is 1. The second-order valence-electron chi connectivity index (χ2n) is 11.9. The van der Waals surface area contributed by atoms with E-state index < -0.39 is 39.8 Å². The van der Waals surface area contributed by atoms with E-state index in [9.17, 15) is 26.4 Å². The number of nitrogens with one attached hydrogen (secondary N) is 2. The topological polar surface area (TPSA) is 94.2 Å². The monoisotopic (exact) mass is 565 g/mol. The number of hydrazine groups is 1. The van der Waals surface area contributed by atoms with Crippen molar-refractivity contribution in [2.75, 3.05) is 38.8 Å². The molecular formula is C25H42F3N5O4S. The first-order valence-electron chi connectivity index (χ1n) is 14.1. The second kappa shape index (κ2) is 11.1. The van der Waals surface area contributed by atoms with Crippen molar-refractivity contribution in [2.45, 2.75) is 101 Å². The molecule has 0 aromatic carbocycles. The molecule has 0 radical (unpaired) electrons. The van der Waals surface area contributed by atoms with Crippen molar-refractivity contribution in [2.24, 2.45) is 11.8 Å². The maximum absolute atomic E-state index is 14.3. The molecule has 218 valence electrons. The van der Waals surface area contributed by atoms with Crippen molar-refractivity contribution in [1.82, 2.24) is 25.6 Å². The van der Waals surface area contributed by atoms with Gasteiger partial charge in [0.2, 0.25) is 5.91 Å². The van der Waals surface area contributed by atoms with Crippen LogP contribution in [0.25, 0.3) is 0 Å². The number of rotatable bonds is 5. The number of hydrogen-bond donors (Lipinski definition) is 2. The standard InChI is InChI=1S/C25H42F3N5O4S/c1-31(24(34)17-9-12-38(35,36)13-10-17)23(25(26,27)28)16-5-7-18(8-6-16)32-11-3-4-19-20(32)15-29-21-14-22(37-2)30-33(19)21/h16-23,29-30H,3-15H2,1-2H3/t16?,18?,19?,20?,21?,22?,23-/m0/s1. The highest BCUT2D eigenvalue weighted by Crippen LogP contribution is 2.41. The van der Waals surface area contributed by atoms with Crippen LogP contribution in [0.1, 0.15) is 57.8 Å². The van der Waals surface area contributed by atoms with Crippen molar-refractivity contribution >= 4 is 15.7 Å². The minimum Gasteiger partial charge on any atom is -0.365 e. The molecule has 4 unspecified atom stereocenters. The summed E-state index contributed by atoms with van der Waals surface area (Å²) in [4.78, 5) is 16.5. The van der Waals surface area contributed by atoms with Crippen LogP contribution in [-0.2, 0) is 19.4 Å². The number of sulfone groups is 1. The fourth-order valence-electron chi connectivity index (χ4n) is 7.75. The van der Waals surface area contributed by atoms with Crippen molar-refractivity contribution < 1.29 is 31.1 Å². The maximum atomic E-state index is 14.3. The van der Waals surface area contributed by atoms with E-state index >= 15 is 0 Å². The van der Waals surface area contributed by atoms with Gasteiger partial charge in [-0.1, -0.05) is 0 Å². The Morgan fingerprint density at radius 1 is 1.05 bits per heavy atom. The van der Waals surface area contributed by atoms with E-state index in [1.807, 2.05) is 0 Å². The number of carbonyl (C=O) groups excluding carboxylic acids is 1. The molecule has 1 amide bonds. The van der Waals surface area contributed by atoms with Crippen molar-refractivity contribution in [3.63, 3.8) is 0 Å². The summed E-state index contributed by atoms with van der Waals surface area (Å²) in [7, 11) is -0.232. The van der Waals surface area contributed by atoms with Crippen LogP contribution in [0.15, 0.2) is 0 Å². The smallest absolute Gasteiger partial charge is 0.365 e. The Morgan fingerprint density at radius 2 is 1.74 bits per heavy atom. The Hall–Kier alpha value is -0.990. The van der Waals surface area contributed by atoms with Crippen LogP contribution in [0.4, 0.5) is 13.2 Å². The molecule has 0 spiro atoms. The molecule has 5 rings (SSSR count). The van der Waals surface area contributed by atoms with Gasteiger partial charge in [-0.25, -0.2) is 18.9 Å². The van der Waals surface area contributed by atoms with Gasteiger partial charge in [0.15, 0.2) is 0 Å². The molecule has 38 heavy (non-hydrogen) atoms. The lowest BCUT2D eigenvalue weighted by molar-refractivity contribution is -0.203. The number of likely N-dealkylation sites (tertiary alicyclic amines) is 1. The number of nitrogens with zero attached hydrogens (tertiary/aromatic N) is 3. The van der Waals surface area contributed by atoms with E-state index in [1.54, 1.807) is 7.11 Å². The average Bonchev–Trinajstić information content (AvgIpc) is 3.32. The summed E-state index contributed by atoms with van der Waals surface area (Å²) in [5, 5.41) is 5.94. The zero-order valence-electron chi connectivity index (χ0n) is 22.3. The SMILES string of the molecule is COC1CC2NCC3C(CCCN3C3CCC([C@H](N(C)C(=O)C4CCS(=O)(=O)CC4)C(F)(F)F)CC3)N2N1. The van der Waals surface area contributed by atoms with Gasteiger partial charge < -0.3 is 9.64 Å². The average molecular weight is 566 g/mol. The number of amides is 1. The van der Waals surface area contributed by atoms with E-state index in [4.69, 9.17) is 4.74 Å². The first-order chi connectivity index (χ1) is 18.0. The minimum absolute atomic E-state index is 0.00548. The Kier molecular flexibility index (Phi) is 8.35. The molecule has 13 heteroatoms. The number of alkyl halides is 3. The molecule has 5 atom stereocenters. The highest BCUT2D eigenvalue weighted by Gasteiger charge is 2.52. The van der Waals surface area contributed by atoms with Crippen LogP contribution in [0.3, 0.4) is 0 Å². The molecule has 0 aromatic rings. The molecule has 1 saturated carbocycles. The normalized spacial score (nSPS) is 37.8. The number of fused-ring (bicyclic) bond motifs is 3. The Labute approximate surface area is 223 Å². The molecule has 4 saturated heterocycles. The van der Waals surface area contributed by atoms with Crippen LogP contribution >= 0.6 is 0 Å². The summed E-state index contributed by atoms with van der Waals surface area (Å²) in [6, 6.07) is -0.953. The van der Waals surface area contributed by atoms with E-state index in [2.05, 4.69) is 20.7 Å². The quantitative estimate of drug-likeness (QED) is 0.521. The van der Waals surface area contributed by atoms with Gasteiger partial charge in [-0.15, -0.1) is 0 Å². The van der Waals surface area contributed by atoms with Crippen molar-refractivity contribution in [3.8, 4) is 0 Å². The van der Waals surface area contributed by atoms with E-state index in [1.165, 1.54) is 7.05 Å². The third-order valence-electron chi connectivity index (χ3n) is 9.72. The van der Waals surface area contributed by atoms with Gasteiger partial charge in [-0.2, -0.15) is 13.2 Å². The number of piperidine rings is 1. The number of ether oxygens (including phenoxy) is 1. The Balaban J connectivity index is 1.21. The highest BCUT2D eigenvalue weighted by atomic mass is 32.2. The molecule has 5 aliphatic rings. The zero-order chi connectivity index (χ0) is 27.2. The predicted octanol–water partition coefficient (Wildman–Crippen LogP) is 1.70. The molecule has 4 aliphatic heterocycles. The molecule has 1 aliphatic carbocycles. The van der Waals surface area contributed by atoms with E-state index in [0.29, 0.717) is 37.8 Å². The van der Waals surface area contributed by atoms with Crippen LogP contribution in [0.2, 0.25) is 0 Å². The first-order valence-corrected chi connectivity index (χ1v) is 15.9. The maximum Gasteiger partial charge on any atom is 0.409 e. The lowest BCUT2D eigenvalue weighted by Crippen LogP contribution is -2.70. The van der Waals surface area contributed by atoms with E-state index in [-0.39, 0.29) is 42.8 Å². The zero-order valence-corrected chi connectivity index (χ0v) is 23.1. The number of hydrogen-bond acceptors (Lipinski definition) is 8. The van der Waals surface area contributed by atoms with Crippen LogP contribution in [0.5, 0.6) is 0 Å². The van der Waals surface area contributed by atoms with E-state index in [0.717, 1.165) is 37.3 Å². The first kappa shape index (κ1) is 28.5. The molecule has 2 N–H and O–H groups in total. The minimum atomic E-state index is -4.53. The molecule has 0 aromatic heterocycles. The molecule has 4 heterocycles. The Morgan fingerprint density at radius 3 is 2.37 bits per heavy atom. The molecular weight excluding hydrogens is 523 g/mol. The molecule has 5 fully saturated rings. The lowest BCUT2D eigenvalue weighted by Gasteiger charge is -2.53. The fraction of sp³-hybridized carbons (Fsp3) is 0.960. The van der Waals surface area contributed by atoms with Gasteiger partial charge in [0, 0.05) is 51.2 Å². The summed E-state index contributed by atoms with van der Waals surface area (Å²) in [5.74, 6) is -2.14. The summed E-state index contributed by atoms with van der Waals surface area (Å²) in [6.07, 6.45) is 1.14. The van der Waals surface area contributed by atoms with Gasteiger partial charge >= 0.3 is 6.18 Å². The van der Waals surface area contributed by atoms with Gasteiger partial charge in [-0.3, -0.25) is 15.0 Å². The summed E-state index contributed by atoms with van der Waals surface area (Å²) in [6.45, 7) is 1.82. The van der Waals surface area contributed by atoms with Gasteiger partial charge in [-0.05, 0) is 63.8 Å².